The molecule has 0 saturated carbocycles. The number of hydrogen-bond acceptors (Lipinski definition) is 6. The molecular weight excluding hydrogens is 284 g/mol. The van der Waals surface area contributed by atoms with E-state index in [1.165, 1.54) is 12.1 Å². The van der Waals surface area contributed by atoms with E-state index in [9.17, 15) is 8.42 Å². The maximum Gasteiger partial charge on any atom is 0.297 e. The lowest BCUT2D eigenvalue weighted by atomic mass is 10.1. The van der Waals surface area contributed by atoms with Gasteiger partial charge < -0.3 is 14.2 Å². The Morgan fingerprint density at radius 1 is 1.15 bits per heavy atom. The van der Waals surface area contributed by atoms with Crippen molar-refractivity contribution in [2.24, 2.45) is 0 Å². The van der Waals surface area contributed by atoms with Crippen molar-refractivity contribution in [3.05, 3.63) is 29.8 Å². The van der Waals surface area contributed by atoms with E-state index in [1.54, 1.807) is 12.1 Å². The molecule has 0 unspecified atom stereocenters. The highest BCUT2D eigenvalue weighted by atomic mass is 32.2. The van der Waals surface area contributed by atoms with Gasteiger partial charge in [-0.1, -0.05) is 17.7 Å². The van der Waals surface area contributed by atoms with Crippen molar-refractivity contribution in [3.8, 4) is 0 Å². The molecule has 6 nitrogen and oxygen atoms in total. The van der Waals surface area contributed by atoms with Gasteiger partial charge in [-0.2, -0.15) is 8.42 Å². The predicted octanol–water partition coefficient (Wildman–Crippen LogP) is 0.591. The van der Waals surface area contributed by atoms with Crippen molar-refractivity contribution in [1.29, 1.82) is 0 Å². The Balaban J connectivity index is 1.57. The fourth-order valence-corrected chi connectivity index (χ4v) is 3.72. The summed E-state index contributed by atoms with van der Waals surface area (Å²) >= 11 is 0. The smallest absolute Gasteiger partial charge is 0.297 e. The van der Waals surface area contributed by atoms with Gasteiger partial charge in [0.15, 0.2) is 12.4 Å². The van der Waals surface area contributed by atoms with E-state index in [2.05, 4.69) is 0 Å². The third kappa shape index (κ3) is 1.97. The van der Waals surface area contributed by atoms with Crippen LogP contribution in [0.15, 0.2) is 29.2 Å². The van der Waals surface area contributed by atoms with Crippen LogP contribution in [0.2, 0.25) is 0 Å². The zero-order valence-electron chi connectivity index (χ0n) is 10.8. The highest BCUT2D eigenvalue weighted by molar-refractivity contribution is 7.86. The molecule has 0 aromatic heterocycles. The first-order chi connectivity index (χ1) is 9.54. The van der Waals surface area contributed by atoms with Crippen LogP contribution >= 0.6 is 0 Å². The van der Waals surface area contributed by atoms with Gasteiger partial charge in [0.25, 0.3) is 10.1 Å². The Kier molecular flexibility index (Phi) is 2.71. The minimum atomic E-state index is -3.85. The van der Waals surface area contributed by atoms with Crippen molar-refractivity contribution < 1.29 is 26.8 Å². The SMILES string of the molecule is Cc1ccc(S(=O)(=O)O[C@@H]2[C@@H]3OC[C@H](O3)[C@@H]3O[C@H]23)cc1. The Morgan fingerprint density at radius 2 is 1.90 bits per heavy atom. The van der Waals surface area contributed by atoms with E-state index >= 15 is 0 Å². The number of hydrogen-bond donors (Lipinski definition) is 0. The summed E-state index contributed by atoms with van der Waals surface area (Å²) in [7, 11) is -3.85. The third-order valence-electron chi connectivity index (χ3n) is 3.80. The highest BCUT2D eigenvalue weighted by Gasteiger charge is 2.63. The Morgan fingerprint density at radius 3 is 2.65 bits per heavy atom. The summed E-state index contributed by atoms with van der Waals surface area (Å²) in [4.78, 5) is 0.125. The number of ether oxygens (including phenoxy) is 3. The largest absolute Gasteiger partial charge is 0.364 e. The van der Waals surface area contributed by atoms with Crippen LogP contribution in [0.4, 0.5) is 0 Å². The second kappa shape index (κ2) is 4.25. The molecule has 3 saturated heterocycles. The van der Waals surface area contributed by atoms with Crippen LogP contribution in [0.3, 0.4) is 0 Å². The second-order valence-corrected chi connectivity index (χ2v) is 6.84. The van der Waals surface area contributed by atoms with E-state index in [1.807, 2.05) is 6.92 Å². The van der Waals surface area contributed by atoms with Gasteiger partial charge in [0.05, 0.1) is 11.5 Å². The van der Waals surface area contributed by atoms with Gasteiger partial charge in [-0.3, -0.25) is 4.18 Å². The molecule has 108 valence electrons. The number of benzene rings is 1. The Labute approximate surface area is 116 Å². The van der Waals surface area contributed by atoms with Crippen molar-refractivity contribution in [3.63, 3.8) is 0 Å². The van der Waals surface area contributed by atoms with Crippen molar-refractivity contribution >= 4 is 10.1 Å². The average Bonchev–Trinajstić information content (AvgIpc) is 3.09. The van der Waals surface area contributed by atoms with Gasteiger partial charge in [0.1, 0.15) is 18.3 Å². The molecule has 3 aliphatic rings. The first kappa shape index (κ1) is 12.7. The monoisotopic (exact) mass is 298 g/mol. The normalized spacial score (nSPS) is 38.5. The first-order valence-corrected chi connectivity index (χ1v) is 7.88. The number of aryl methyl sites for hydroxylation is 1. The zero-order chi connectivity index (χ0) is 13.9. The van der Waals surface area contributed by atoms with Crippen LogP contribution in [0.25, 0.3) is 0 Å². The molecule has 2 bridgehead atoms. The van der Waals surface area contributed by atoms with Gasteiger partial charge in [-0.05, 0) is 19.1 Å². The molecule has 7 heteroatoms. The van der Waals surface area contributed by atoms with Gasteiger partial charge in [0, 0.05) is 0 Å². The van der Waals surface area contributed by atoms with Crippen molar-refractivity contribution in [1.82, 2.24) is 0 Å². The second-order valence-electron chi connectivity index (χ2n) is 5.27. The fourth-order valence-electron chi connectivity index (χ4n) is 2.65. The van der Waals surface area contributed by atoms with Crippen LogP contribution in [-0.2, 0) is 28.5 Å². The third-order valence-corrected chi connectivity index (χ3v) is 5.13. The van der Waals surface area contributed by atoms with Crippen LogP contribution in [0.1, 0.15) is 5.56 Å². The summed E-state index contributed by atoms with van der Waals surface area (Å²) in [6.45, 7) is 2.32. The summed E-state index contributed by atoms with van der Waals surface area (Å²) < 4.78 is 46.2. The minimum Gasteiger partial charge on any atom is -0.364 e. The van der Waals surface area contributed by atoms with E-state index in [-0.39, 0.29) is 23.2 Å². The summed E-state index contributed by atoms with van der Waals surface area (Å²) in [5.41, 5.74) is 0.984. The molecule has 0 aliphatic carbocycles. The molecule has 0 radical (unpaired) electrons. The lowest BCUT2D eigenvalue weighted by molar-refractivity contribution is -0.133. The molecule has 0 amide bonds. The van der Waals surface area contributed by atoms with Crippen LogP contribution in [0.5, 0.6) is 0 Å². The van der Waals surface area contributed by atoms with Gasteiger partial charge in [-0.25, -0.2) is 0 Å². The molecule has 1 aromatic rings. The van der Waals surface area contributed by atoms with Crippen LogP contribution < -0.4 is 0 Å². The average molecular weight is 298 g/mol. The standard InChI is InChI=1S/C13H14O6S/c1-7-2-4-8(5-3-7)20(14,15)19-12-11-10(18-11)9-6-16-13(12)17-9/h2-5,9-13H,6H2,1H3/t9-,10-,11-,12-,13+/m0/s1. The van der Waals surface area contributed by atoms with Crippen molar-refractivity contribution in [2.75, 3.05) is 6.61 Å². The lowest BCUT2D eigenvalue weighted by Gasteiger charge is -2.23. The molecule has 3 aliphatic heterocycles. The van der Waals surface area contributed by atoms with Gasteiger partial charge in [-0.15, -0.1) is 0 Å². The number of fused-ring (bicyclic) bond motifs is 4. The molecule has 0 spiro atoms. The van der Waals surface area contributed by atoms with Gasteiger partial charge >= 0.3 is 0 Å². The molecule has 20 heavy (non-hydrogen) atoms. The molecule has 1 aromatic carbocycles. The molecular formula is C13H14O6S. The number of rotatable bonds is 3. The first-order valence-electron chi connectivity index (χ1n) is 6.47. The molecule has 4 rings (SSSR count). The van der Waals surface area contributed by atoms with E-state index in [0.717, 1.165) is 5.56 Å². The maximum absolute atomic E-state index is 12.3. The topological polar surface area (TPSA) is 74.4 Å². The zero-order valence-corrected chi connectivity index (χ0v) is 11.6. The molecule has 3 heterocycles. The van der Waals surface area contributed by atoms with Crippen LogP contribution in [-0.4, -0.2) is 45.7 Å². The Bertz CT molecular complexity index is 625. The van der Waals surface area contributed by atoms with Gasteiger partial charge in [0.2, 0.25) is 0 Å². The fraction of sp³-hybridized carbons (Fsp3) is 0.538. The Hall–Kier alpha value is -0.990. The van der Waals surface area contributed by atoms with Crippen molar-refractivity contribution in [2.45, 2.75) is 42.5 Å². The van der Waals surface area contributed by atoms with Crippen LogP contribution in [0, 0.1) is 6.92 Å². The summed E-state index contributed by atoms with van der Waals surface area (Å²) in [5, 5.41) is 0. The lowest BCUT2D eigenvalue weighted by Crippen LogP contribution is -2.42. The molecule has 0 N–H and O–H groups in total. The van der Waals surface area contributed by atoms with E-state index < -0.39 is 22.5 Å². The number of epoxide rings is 1. The summed E-state index contributed by atoms with van der Waals surface area (Å²) in [6, 6.07) is 6.51. The van der Waals surface area contributed by atoms with E-state index in [4.69, 9.17) is 18.4 Å². The summed E-state index contributed by atoms with van der Waals surface area (Å²) in [6.07, 6.45) is -1.84. The summed E-state index contributed by atoms with van der Waals surface area (Å²) in [5.74, 6) is 0. The molecule has 3 fully saturated rings. The minimum absolute atomic E-state index is 0.0908. The predicted molar refractivity (Wildman–Crippen MR) is 66.5 cm³/mol. The highest BCUT2D eigenvalue weighted by Crippen LogP contribution is 2.43. The maximum atomic E-state index is 12.3. The molecule has 5 atom stereocenters. The quantitative estimate of drug-likeness (QED) is 0.600. The van der Waals surface area contributed by atoms with E-state index in [0.29, 0.717) is 6.61 Å².